The molecule has 4 heteroatoms. The maximum Gasteiger partial charge on any atom is 0.323 e. The largest absolute Gasteiger partial charge is 0.496 e. The van der Waals surface area contributed by atoms with E-state index in [0.717, 1.165) is 30.8 Å². The SMILES string of the molecule is COC(=O)C1CCN1Cc1ccccc1OC. The summed E-state index contributed by atoms with van der Waals surface area (Å²) in [6.07, 6.45) is 0.877. The summed E-state index contributed by atoms with van der Waals surface area (Å²) in [6.45, 7) is 1.65. The number of methoxy groups -OCH3 is 2. The Labute approximate surface area is 101 Å². The smallest absolute Gasteiger partial charge is 0.323 e. The molecule has 0 aromatic heterocycles. The molecule has 0 radical (unpaired) electrons. The predicted octanol–water partition coefficient (Wildman–Crippen LogP) is 1.44. The van der Waals surface area contributed by atoms with Gasteiger partial charge in [-0.1, -0.05) is 18.2 Å². The molecule has 0 bridgehead atoms. The van der Waals surface area contributed by atoms with Crippen LogP contribution in [0.25, 0.3) is 0 Å². The predicted molar refractivity (Wildman–Crippen MR) is 63.8 cm³/mol. The zero-order valence-electron chi connectivity index (χ0n) is 10.2. The lowest BCUT2D eigenvalue weighted by atomic mass is 10.0. The van der Waals surface area contributed by atoms with E-state index in [4.69, 9.17) is 9.47 Å². The van der Waals surface area contributed by atoms with Crippen molar-refractivity contribution < 1.29 is 14.3 Å². The monoisotopic (exact) mass is 235 g/mol. The van der Waals surface area contributed by atoms with Crippen molar-refractivity contribution in [2.24, 2.45) is 0 Å². The van der Waals surface area contributed by atoms with E-state index in [2.05, 4.69) is 4.90 Å². The van der Waals surface area contributed by atoms with Gasteiger partial charge >= 0.3 is 5.97 Å². The summed E-state index contributed by atoms with van der Waals surface area (Å²) < 4.78 is 10.1. The lowest BCUT2D eigenvalue weighted by molar-refractivity contribution is -0.152. The highest BCUT2D eigenvalue weighted by molar-refractivity contribution is 5.76. The fourth-order valence-electron chi connectivity index (χ4n) is 2.09. The maximum atomic E-state index is 11.5. The summed E-state index contributed by atoms with van der Waals surface area (Å²) in [7, 11) is 3.09. The van der Waals surface area contributed by atoms with Crippen LogP contribution in [0.1, 0.15) is 12.0 Å². The summed E-state index contributed by atoms with van der Waals surface area (Å²) in [4.78, 5) is 13.6. The van der Waals surface area contributed by atoms with Crippen LogP contribution >= 0.6 is 0 Å². The molecule has 1 unspecified atom stereocenters. The Morgan fingerprint density at radius 2 is 2.18 bits per heavy atom. The molecule has 1 fully saturated rings. The number of benzene rings is 1. The molecular formula is C13H17NO3. The van der Waals surface area contributed by atoms with Crippen molar-refractivity contribution in [1.29, 1.82) is 0 Å². The van der Waals surface area contributed by atoms with Gasteiger partial charge in [0.15, 0.2) is 0 Å². The second-order valence-electron chi connectivity index (χ2n) is 4.11. The first-order valence-corrected chi connectivity index (χ1v) is 5.70. The Hall–Kier alpha value is -1.55. The molecule has 17 heavy (non-hydrogen) atoms. The molecule has 2 rings (SSSR count). The van der Waals surface area contributed by atoms with Crippen LogP contribution in [0.15, 0.2) is 24.3 Å². The molecule has 0 saturated carbocycles. The first kappa shape index (κ1) is 11.9. The average Bonchev–Trinajstić information content (AvgIpc) is 2.34. The average molecular weight is 235 g/mol. The minimum Gasteiger partial charge on any atom is -0.496 e. The zero-order valence-corrected chi connectivity index (χ0v) is 10.2. The number of likely N-dealkylation sites (tertiary alicyclic amines) is 1. The van der Waals surface area contributed by atoms with E-state index in [0.29, 0.717) is 0 Å². The van der Waals surface area contributed by atoms with Crippen molar-refractivity contribution in [2.45, 2.75) is 19.0 Å². The van der Waals surface area contributed by atoms with Crippen molar-refractivity contribution in [2.75, 3.05) is 20.8 Å². The minimum absolute atomic E-state index is 0.0927. The number of carbonyl (C=O) groups is 1. The molecule has 0 amide bonds. The number of para-hydroxylation sites is 1. The summed E-state index contributed by atoms with van der Waals surface area (Å²) in [5, 5.41) is 0. The number of carbonyl (C=O) groups excluding carboxylic acids is 1. The number of hydrogen-bond donors (Lipinski definition) is 0. The standard InChI is InChI=1S/C13H17NO3/c1-16-12-6-4-3-5-10(12)9-14-8-7-11(14)13(15)17-2/h3-6,11H,7-9H2,1-2H3. The van der Waals surface area contributed by atoms with Crippen LogP contribution < -0.4 is 4.74 Å². The number of hydrogen-bond acceptors (Lipinski definition) is 4. The van der Waals surface area contributed by atoms with Crippen molar-refractivity contribution in [1.82, 2.24) is 4.90 Å². The second kappa shape index (κ2) is 5.19. The van der Waals surface area contributed by atoms with Crippen molar-refractivity contribution in [3.63, 3.8) is 0 Å². The first-order valence-electron chi connectivity index (χ1n) is 5.70. The molecule has 1 heterocycles. The zero-order chi connectivity index (χ0) is 12.3. The van der Waals surface area contributed by atoms with Crippen molar-refractivity contribution in [3.05, 3.63) is 29.8 Å². The van der Waals surface area contributed by atoms with E-state index in [1.165, 1.54) is 7.11 Å². The van der Waals surface area contributed by atoms with Gasteiger partial charge in [0.1, 0.15) is 11.8 Å². The lowest BCUT2D eigenvalue weighted by Gasteiger charge is -2.38. The Kier molecular flexibility index (Phi) is 3.64. The third kappa shape index (κ3) is 2.42. The molecule has 1 atom stereocenters. The second-order valence-corrected chi connectivity index (χ2v) is 4.11. The molecule has 92 valence electrons. The lowest BCUT2D eigenvalue weighted by Crippen LogP contribution is -2.52. The van der Waals surface area contributed by atoms with Gasteiger partial charge in [0.25, 0.3) is 0 Å². The van der Waals surface area contributed by atoms with Crippen LogP contribution in [-0.2, 0) is 16.1 Å². The molecular weight excluding hydrogens is 218 g/mol. The topological polar surface area (TPSA) is 38.8 Å². The van der Waals surface area contributed by atoms with Crippen LogP contribution in [0.5, 0.6) is 5.75 Å². The quantitative estimate of drug-likeness (QED) is 0.740. The number of nitrogens with zero attached hydrogens (tertiary/aromatic N) is 1. The van der Waals surface area contributed by atoms with Gasteiger partial charge in [-0.3, -0.25) is 9.69 Å². The van der Waals surface area contributed by atoms with Crippen LogP contribution in [0.2, 0.25) is 0 Å². The Balaban J connectivity index is 2.04. The van der Waals surface area contributed by atoms with Crippen LogP contribution in [0, 0.1) is 0 Å². The van der Waals surface area contributed by atoms with E-state index in [-0.39, 0.29) is 12.0 Å². The summed E-state index contributed by atoms with van der Waals surface area (Å²) in [5.41, 5.74) is 1.10. The number of rotatable bonds is 4. The Morgan fingerprint density at radius 3 is 2.76 bits per heavy atom. The highest BCUT2D eigenvalue weighted by Crippen LogP contribution is 2.25. The molecule has 1 aromatic carbocycles. The molecule has 4 nitrogen and oxygen atoms in total. The van der Waals surface area contributed by atoms with Crippen LogP contribution in [0.4, 0.5) is 0 Å². The highest BCUT2D eigenvalue weighted by atomic mass is 16.5. The summed E-state index contributed by atoms with van der Waals surface area (Å²) in [5.74, 6) is 0.717. The molecule has 1 saturated heterocycles. The third-order valence-corrected chi connectivity index (χ3v) is 3.17. The fraction of sp³-hybridized carbons (Fsp3) is 0.462. The molecule has 1 aliphatic rings. The van der Waals surface area contributed by atoms with Gasteiger partial charge in [-0.25, -0.2) is 0 Å². The van der Waals surface area contributed by atoms with Crippen molar-refractivity contribution in [3.8, 4) is 5.75 Å². The van der Waals surface area contributed by atoms with Gasteiger partial charge in [-0.2, -0.15) is 0 Å². The third-order valence-electron chi connectivity index (χ3n) is 3.17. The molecule has 1 aromatic rings. The maximum absolute atomic E-state index is 11.5. The Bertz CT molecular complexity index is 405. The molecule has 1 aliphatic heterocycles. The van der Waals surface area contributed by atoms with Gasteiger partial charge in [-0.15, -0.1) is 0 Å². The molecule has 0 N–H and O–H groups in total. The van der Waals surface area contributed by atoms with Gasteiger partial charge in [-0.05, 0) is 12.5 Å². The van der Waals surface area contributed by atoms with E-state index >= 15 is 0 Å². The van der Waals surface area contributed by atoms with Crippen molar-refractivity contribution >= 4 is 5.97 Å². The van der Waals surface area contributed by atoms with E-state index < -0.39 is 0 Å². The number of esters is 1. The van der Waals surface area contributed by atoms with Gasteiger partial charge < -0.3 is 9.47 Å². The van der Waals surface area contributed by atoms with Gasteiger partial charge in [0, 0.05) is 18.7 Å². The van der Waals surface area contributed by atoms with E-state index in [9.17, 15) is 4.79 Å². The first-order chi connectivity index (χ1) is 8.26. The minimum atomic E-state index is -0.147. The van der Waals surface area contributed by atoms with E-state index in [1.807, 2.05) is 24.3 Å². The molecule has 0 aliphatic carbocycles. The normalized spacial score (nSPS) is 19.5. The van der Waals surface area contributed by atoms with Gasteiger partial charge in [0.2, 0.25) is 0 Å². The van der Waals surface area contributed by atoms with E-state index in [1.54, 1.807) is 7.11 Å². The van der Waals surface area contributed by atoms with Gasteiger partial charge in [0.05, 0.1) is 14.2 Å². The molecule has 0 spiro atoms. The van der Waals surface area contributed by atoms with Crippen LogP contribution in [-0.4, -0.2) is 37.7 Å². The highest BCUT2D eigenvalue weighted by Gasteiger charge is 2.35. The summed E-state index contributed by atoms with van der Waals surface area (Å²) in [6, 6.07) is 7.78. The Morgan fingerprint density at radius 1 is 1.41 bits per heavy atom. The summed E-state index contributed by atoms with van der Waals surface area (Å²) >= 11 is 0. The van der Waals surface area contributed by atoms with Crippen LogP contribution in [0.3, 0.4) is 0 Å². The fourth-order valence-corrected chi connectivity index (χ4v) is 2.09. The number of ether oxygens (including phenoxy) is 2.